The van der Waals surface area contributed by atoms with Crippen LogP contribution in [0.2, 0.25) is 0 Å². The second kappa shape index (κ2) is 7.82. The average Bonchev–Trinajstić information content (AvgIpc) is 3.47. The Morgan fingerprint density at radius 3 is 2.68 bits per heavy atom. The van der Waals surface area contributed by atoms with Gasteiger partial charge in [0.25, 0.3) is 12.3 Å². The maximum atomic E-state index is 13.5. The molecule has 0 saturated heterocycles. The second-order valence-electron chi connectivity index (χ2n) is 6.39. The molecule has 0 aliphatic heterocycles. The van der Waals surface area contributed by atoms with Gasteiger partial charge >= 0.3 is 5.97 Å². The molecule has 0 saturated carbocycles. The van der Waals surface area contributed by atoms with Crippen LogP contribution in [0.4, 0.5) is 14.5 Å². The third kappa shape index (κ3) is 3.90. The van der Waals surface area contributed by atoms with Crippen LogP contribution in [-0.4, -0.2) is 41.5 Å². The predicted molar refractivity (Wildman–Crippen MR) is 102 cm³/mol. The Kier molecular flexibility index (Phi) is 5.03. The monoisotopic (exact) mass is 428 g/mol. The van der Waals surface area contributed by atoms with E-state index in [4.69, 9.17) is 4.42 Å². The number of aromatic nitrogens is 5. The van der Waals surface area contributed by atoms with Gasteiger partial charge in [-0.15, -0.1) is 0 Å². The summed E-state index contributed by atoms with van der Waals surface area (Å²) in [5.74, 6) is -1.91. The van der Waals surface area contributed by atoms with Gasteiger partial charge in [-0.05, 0) is 12.1 Å². The van der Waals surface area contributed by atoms with Gasteiger partial charge < -0.3 is 14.8 Å². The highest BCUT2D eigenvalue weighted by Gasteiger charge is 2.24. The third-order valence-electron chi connectivity index (χ3n) is 4.27. The van der Waals surface area contributed by atoms with E-state index in [2.05, 4.69) is 20.5 Å². The van der Waals surface area contributed by atoms with Gasteiger partial charge in [0.2, 0.25) is 5.89 Å². The van der Waals surface area contributed by atoms with Crippen molar-refractivity contribution in [1.29, 1.82) is 0 Å². The smallest absolute Gasteiger partial charge is 0.337 e. The SMILES string of the molecule is Cn1cc(-c2nc(C(=O)Nc3cn(-c4ccccc4C(=O)O)nc3C(F)F)co2)cn1. The molecule has 158 valence electrons. The number of anilines is 1. The molecule has 10 nitrogen and oxygen atoms in total. The van der Waals surface area contributed by atoms with Crippen molar-refractivity contribution in [2.75, 3.05) is 5.32 Å². The van der Waals surface area contributed by atoms with Crippen molar-refractivity contribution >= 4 is 17.6 Å². The van der Waals surface area contributed by atoms with Crippen LogP contribution in [0.5, 0.6) is 0 Å². The first-order chi connectivity index (χ1) is 14.8. The maximum Gasteiger partial charge on any atom is 0.337 e. The number of carbonyl (C=O) groups is 2. The van der Waals surface area contributed by atoms with Crippen molar-refractivity contribution in [3.63, 3.8) is 0 Å². The fourth-order valence-electron chi connectivity index (χ4n) is 2.85. The predicted octanol–water partition coefficient (Wildman–Crippen LogP) is 3.15. The number of oxazole rings is 1. The van der Waals surface area contributed by atoms with E-state index in [0.29, 0.717) is 5.56 Å². The number of carboxylic acids is 1. The molecule has 1 aromatic carbocycles. The van der Waals surface area contributed by atoms with Crippen LogP contribution in [0, 0.1) is 0 Å². The summed E-state index contributed by atoms with van der Waals surface area (Å²) < 4.78 is 34.8. The topological polar surface area (TPSA) is 128 Å². The summed E-state index contributed by atoms with van der Waals surface area (Å²) in [5, 5.41) is 19.4. The van der Waals surface area contributed by atoms with Gasteiger partial charge in [0.05, 0.1) is 34.9 Å². The molecule has 0 spiro atoms. The number of nitrogens with zero attached hydrogens (tertiary/aromatic N) is 5. The molecule has 0 atom stereocenters. The van der Waals surface area contributed by atoms with E-state index in [9.17, 15) is 23.5 Å². The van der Waals surface area contributed by atoms with Crippen LogP contribution in [0.15, 0.2) is 53.5 Å². The molecule has 3 heterocycles. The number of benzene rings is 1. The first kappa shape index (κ1) is 19.9. The molecule has 3 aromatic heterocycles. The molecule has 4 rings (SSSR count). The van der Waals surface area contributed by atoms with Crippen molar-refractivity contribution in [3.8, 4) is 17.1 Å². The van der Waals surface area contributed by atoms with Gasteiger partial charge in [-0.2, -0.15) is 10.2 Å². The molecule has 0 bridgehead atoms. The lowest BCUT2D eigenvalue weighted by atomic mass is 10.2. The van der Waals surface area contributed by atoms with Crippen LogP contribution in [0.1, 0.15) is 33.0 Å². The molecule has 0 aliphatic rings. The minimum Gasteiger partial charge on any atom is -0.478 e. The van der Waals surface area contributed by atoms with Gasteiger partial charge in [0.15, 0.2) is 11.4 Å². The molecule has 0 radical (unpaired) electrons. The molecule has 4 aromatic rings. The number of hydrogen-bond acceptors (Lipinski definition) is 6. The molecular formula is C19H14F2N6O4. The highest BCUT2D eigenvalue weighted by atomic mass is 19.3. The quantitative estimate of drug-likeness (QED) is 0.483. The summed E-state index contributed by atoms with van der Waals surface area (Å²) in [5.41, 5.74) is -0.680. The Morgan fingerprint density at radius 1 is 1.23 bits per heavy atom. The van der Waals surface area contributed by atoms with E-state index < -0.39 is 24.0 Å². The summed E-state index contributed by atoms with van der Waals surface area (Å²) in [6, 6.07) is 5.76. The number of rotatable bonds is 6. The Labute approximate surface area is 172 Å². The van der Waals surface area contributed by atoms with Gasteiger partial charge in [0, 0.05) is 13.2 Å². The number of hydrogen-bond donors (Lipinski definition) is 2. The number of halogens is 2. The first-order valence-electron chi connectivity index (χ1n) is 8.80. The number of aromatic carboxylic acids is 1. The molecule has 0 unspecified atom stereocenters. The Bertz CT molecular complexity index is 1280. The highest BCUT2D eigenvalue weighted by Crippen LogP contribution is 2.28. The number of aryl methyl sites for hydroxylation is 1. The van der Waals surface area contributed by atoms with E-state index >= 15 is 0 Å². The number of amides is 1. The number of carboxylic acid groups (broad SMARTS) is 1. The summed E-state index contributed by atoms with van der Waals surface area (Å²) in [6.07, 6.45) is 2.31. The normalized spacial score (nSPS) is 11.1. The first-order valence-corrected chi connectivity index (χ1v) is 8.80. The van der Waals surface area contributed by atoms with E-state index in [1.807, 2.05) is 0 Å². The average molecular weight is 428 g/mol. The lowest BCUT2D eigenvalue weighted by Crippen LogP contribution is -2.13. The van der Waals surface area contributed by atoms with Crippen molar-refractivity contribution in [1.82, 2.24) is 24.5 Å². The lowest BCUT2D eigenvalue weighted by Gasteiger charge is -2.05. The van der Waals surface area contributed by atoms with E-state index in [1.165, 1.54) is 29.1 Å². The van der Waals surface area contributed by atoms with Gasteiger partial charge in [0.1, 0.15) is 6.26 Å². The molecular weight excluding hydrogens is 414 g/mol. The summed E-state index contributed by atoms with van der Waals surface area (Å²) in [4.78, 5) is 28.0. The van der Waals surface area contributed by atoms with Crippen LogP contribution in [-0.2, 0) is 7.05 Å². The maximum absolute atomic E-state index is 13.5. The third-order valence-corrected chi connectivity index (χ3v) is 4.27. The van der Waals surface area contributed by atoms with Crippen molar-refractivity contribution in [2.24, 2.45) is 7.05 Å². The zero-order valence-corrected chi connectivity index (χ0v) is 15.9. The molecule has 0 fully saturated rings. The largest absolute Gasteiger partial charge is 0.478 e. The standard InChI is InChI=1S/C19H14F2N6O4/c1-26-7-10(6-22-26)18-24-13(9-31-18)17(28)23-12-8-27(25-15(12)16(20)21)14-5-3-2-4-11(14)19(29)30/h2-9,16H,1H3,(H,23,28)(H,29,30). The Balaban J connectivity index is 1.64. The number of alkyl halides is 2. The fourth-order valence-corrected chi connectivity index (χ4v) is 2.85. The number of carbonyl (C=O) groups excluding carboxylic acids is 1. The van der Waals surface area contributed by atoms with E-state index in [1.54, 1.807) is 19.3 Å². The second-order valence-corrected chi connectivity index (χ2v) is 6.39. The Morgan fingerprint density at radius 2 is 2.00 bits per heavy atom. The van der Waals surface area contributed by atoms with Gasteiger partial charge in [-0.1, -0.05) is 12.1 Å². The zero-order chi connectivity index (χ0) is 22.1. The fraction of sp³-hybridized carbons (Fsp3) is 0.105. The summed E-state index contributed by atoms with van der Waals surface area (Å²) >= 11 is 0. The van der Waals surface area contributed by atoms with Crippen LogP contribution >= 0.6 is 0 Å². The van der Waals surface area contributed by atoms with Crippen molar-refractivity contribution in [3.05, 3.63) is 66.1 Å². The van der Waals surface area contributed by atoms with Crippen molar-refractivity contribution in [2.45, 2.75) is 6.43 Å². The van der Waals surface area contributed by atoms with Crippen LogP contribution in [0.25, 0.3) is 17.1 Å². The molecule has 12 heteroatoms. The molecule has 31 heavy (non-hydrogen) atoms. The lowest BCUT2D eigenvalue weighted by molar-refractivity contribution is 0.0696. The molecule has 2 N–H and O–H groups in total. The van der Waals surface area contributed by atoms with Crippen molar-refractivity contribution < 1.29 is 27.9 Å². The molecule has 0 aliphatic carbocycles. The van der Waals surface area contributed by atoms with Crippen LogP contribution < -0.4 is 5.32 Å². The van der Waals surface area contributed by atoms with Gasteiger partial charge in [-0.3, -0.25) is 9.48 Å². The number of nitrogens with one attached hydrogen (secondary N) is 1. The van der Waals surface area contributed by atoms with E-state index in [0.717, 1.165) is 17.1 Å². The zero-order valence-electron chi connectivity index (χ0n) is 15.9. The minimum atomic E-state index is -3.02. The van der Waals surface area contributed by atoms with Crippen LogP contribution in [0.3, 0.4) is 0 Å². The van der Waals surface area contributed by atoms with Gasteiger partial charge in [-0.25, -0.2) is 23.2 Å². The summed E-state index contributed by atoms with van der Waals surface area (Å²) in [7, 11) is 1.70. The Hall–Kier alpha value is -4.35. The summed E-state index contributed by atoms with van der Waals surface area (Å²) in [6.45, 7) is 0. The number of para-hydroxylation sites is 1. The molecule has 1 amide bonds. The minimum absolute atomic E-state index is 0.0673. The highest BCUT2D eigenvalue weighted by molar-refractivity contribution is 6.03. The van der Waals surface area contributed by atoms with E-state index in [-0.39, 0.29) is 28.5 Å².